The molecule has 1 fully saturated rings. The predicted octanol–water partition coefficient (Wildman–Crippen LogP) is 3.33. The quantitative estimate of drug-likeness (QED) is 0.868. The Kier molecular flexibility index (Phi) is 5.95. The van der Waals surface area contributed by atoms with Crippen molar-refractivity contribution in [3.63, 3.8) is 0 Å². The van der Waals surface area contributed by atoms with Gasteiger partial charge in [0.25, 0.3) is 5.56 Å². The summed E-state index contributed by atoms with van der Waals surface area (Å²) in [7, 11) is 0. The number of hydrogen-bond donors (Lipinski definition) is 2. The van der Waals surface area contributed by atoms with Crippen LogP contribution in [0.25, 0.3) is 10.9 Å². The van der Waals surface area contributed by atoms with Gasteiger partial charge in [0.15, 0.2) is 0 Å². The summed E-state index contributed by atoms with van der Waals surface area (Å²) in [5.41, 5.74) is 4.29. The summed E-state index contributed by atoms with van der Waals surface area (Å²) in [4.78, 5) is 17.8. The first-order chi connectivity index (χ1) is 10.3. The molecule has 4 rings (SSSR count). The van der Waals surface area contributed by atoms with E-state index in [-0.39, 0.29) is 30.4 Å². The molecule has 4 nitrogen and oxygen atoms in total. The number of aromatic nitrogens is 1. The van der Waals surface area contributed by atoms with Crippen LogP contribution in [0.4, 0.5) is 5.69 Å². The SMILES string of the molecule is Cl.Cl.O=c1[nH]c2cc(CN3CCCC3)ccc2c2c1CCCN2. The third kappa shape index (κ3) is 3.49. The summed E-state index contributed by atoms with van der Waals surface area (Å²) in [6.07, 6.45) is 4.53. The summed E-state index contributed by atoms with van der Waals surface area (Å²) >= 11 is 0. The van der Waals surface area contributed by atoms with Crippen LogP contribution in [0.5, 0.6) is 0 Å². The minimum atomic E-state index is 0. The molecule has 0 saturated carbocycles. The van der Waals surface area contributed by atoms with Crippen molar-refractivity contribution in [1.82, 2.24) is 9.88 Å². The minimum absolute atomic E-state index is 0. The van der Waals surface area contributed by atoms with E-state index >= 15 is 0 Å². The topological polar surface area (TPSA) is 48.1 Å². The van der Waals surface area contributed by atoms with Crippen LogP contribution < -0.4 is 10.9 Å². The van der Waals surface area contributed by atoms with Crippen LogP contribution in [-0.4, -0.2) is 29.5 Å². The molecule has 0 spiro atoms. The first-order valence-electron chi connectivity index (χ1n) is 7.95. The van der Waals surface area contributed by atoms with E-state index in [1.807, 2.05) is 0 Å². The van der Waals surface area contributed by atoms with Gasteiger partial charge in [-0.1, -0.05) is 12.1 Å². The molecule has 6 heteroatoms. The highest BCUT2D eigenvalue weighted by Gasteiger charge is 2.17. The Morgan fingerprint density at radius 2 is 1.87 bits per heavy atom. The number of likely N-dealkylation sites (tertiary alicyclic amines) is 1. The molecule has 0 bridgehead atoms. The van der Waals surface area contributed by atoms with Gasteiger partial charge in [0, 0.05) is 24.0 Å². The number of hydrogen-bond acceptors (Lipinski definition) is 3. The van der Waals surface area contributed by atoms with Crippen LogP contribution in [0.2, 0.25) is 0 Å². The monoisotopic (exact) mass is 355 g/mol. The average Bonchev–Trinajstić information content (AvgIpc) is 3.00. The Bertz CT molecular complexity index is 738. The fourth-order valence-electron chi connectivity index (χ4n) is 3.60. The molecule has 126 valence electrons. The lowest BCUT2D eigenvalue weighted by molar-refractivity contribution is 0.331. The second-order valence-corrected chi connectivity index (χ2v) is 6.20. The Morgan fingerprint density at radius 1 is 1.09 bits per heavy atom. The molecule has 0 unspecified atom stereocenters. The Morgan fingerprint density at radius 3 is 2.65 bits per heavy atom. The number of halogens is 2. The van der Waals surface area contributed by atoms with Crippen molar-refractivity contribution in [2.45, 2.75) is 32.2 Å². The molecule has 2 aliphatic rings. The molecule has 0 amide bonds. The zero-order chi connectivity index (χ0) is 14.2. The van der Waals surface area contributed by atoms with E-state index in [0.29, 0.717) is 0 Å². The maximum absolute atomic E-state index is 12.2. The molecule has 0 radical (unpaired) electrons. The zero-order valence-corrected chi connectivity index (χ0v) is 14.7. The number of benzene rings is 1. The van der Waals surface area contributed by atoms with Gasteiger partial charge in [-0.05, 0) is 50.4 Å². The molecule has 0 atom stereocenters. The number of H-pyrrole nitrogens is 1. The molecule has 2 aromatic rings. The molecule has 1 saturated heterocycles. The summed E-state index contributed by atoms with van der Waals surface area (Å²) in [5, 5.41) is 4.56. The Balaban J connectivity index is 0.000000960. The summed E-state index contributed by atoms with van der Waals surface area (Å²) in [6, 6.07) is 6.51. The van der Waals surface area contributed by atoms with E-state index in [9.17, 15) is 4.79 Å². The maximum atomic E-state index is 12.2. The van der Waals surface area contributed by atoms with Gasteiger partial charge in [-0.3, -0.25) is 9.69 Å². The Hall–Kier alpha value is -1.23. The number of nitrogens with one attached hydrogen (secondary N) is 2. The van der Waals surface area contributed by atoms with Crippen molar-refractivity contribution in [3.05, 3.63) is 39.7 Å². The molecule has 1 aromatic heterocycles. The minimum Gasteiger partial charge on any atom is -0.384 e. The standard InChI is InChI=1S/C17H21N3O.2ClH/c21-17-14-4-3-7-18-16(14)13-6-5-12(10-15(13)19-17)11-20-8-1-2-9-20;;/h5-6,10,18H,1-4,7-9,11H2,(H,19,21);2*1H. The molecular weight excluding hydrogens is 333 g/mol. The zero-order valence-electron chi connectivity index (χ0n) is 13.1. The van der Waals surface area contributed by atoms with Crippen molar-refractivity contribution in [3.8, 4) is 0 Å². The van der Waals surface area contributed by atoms with Crippen LogP contribution >= 0.6 is 24.8 Å². The van der Waals surface area contributed by atoms with Gasteiger partial charge in [0.2, 0.25) is 0 Å². The first kappa shape index (κ1) is 18.1. The molecule has 2 N–H and O–H groups in total. The van der Waals surface area contributed by atoms with E-state index in [2.05, 4.69) is 33.4 Å². The average molecular weight is 356 g/mol. The number of fused-ring (bicyclic) bond motifs is 3. The lowest BCUT2D eigenvalue weighted by atomic mass is 10.0. The summed E-state index contributed by atoms with van der Waals surface area (Å²) in [6.45, 7) is 4.34. The van der Waals surface area contributed by atoms with Crippen LogP contribution in [0, 0.1) is 0 Å². The lowest BCUT2D eigenvalue weighted by Crippen LogP contribution is -2.22. The fraction of sp³-hybridized carbons (Fsp3) is 0.471. The van der Waals surface area contributed by atoms with Gasteiger partial charge in [-0.2, -0.15) is 0 Å². The largest absolute Gasteiger partial charge is 0.384 e. The van der Waals surface area contributed by atoms with E-state index < -0.39 is 0 Å². The van der Waals surface area contributed by atoms with Crippen molar-refractivity contribution >= 4 is 41.4 Å². The van der Waals surface area contributed by atoms with Gasteiger partial charge in [0.05, 0.1) is 11.2 Å². The van der Waals surface area contributed by atoms with Crippen molar-refractivity contribution in [2.75, 3.05) is 25.0 Å². The number of aromatic amines is 1. The second-order valence-electron chi connectivity index (χ2n) is 6.20. The third-order valence-corrected chi connectivity index (χ3v) is 4.69. The van der Waals surface area contributed by atoms with Crippen molar-refractivity contribution < 1.29 is 0 Å². The van der Waals surface area contributed by atoms with Crippen LogP contribution in [0.3, 0.4) is 0 Å². The van der Waals surface area contributed by atoms with E-state index in [1.165, 1.54) is 31.5 Å². The second kappa shape index (κ2) is 7.56. The van der Waals surface area contributed by atoms with Gasteiger partial charge in [0.1, 0.15) is 0 Å². The van der Waals surface area contributed by atoms with E-state index in [4.69, 9.17) is 0 Å². The van der Waals surface area contributed by atoms with Crippen molar-refractivity contribution in [1.29, 1.82) is 0 Å². The van der Waals surface area contributed by atoms with Gasteiger partial charge in [-0.25, -0.2) is 0 Å². The van der Waals surface area contributed by atoms with Crippen molar-refractivity contribution in [2.24, 2.45) is 0 Å². The number of pyridine rings is 1. The molecule has 3 heterocycles. The normalized spacial score (nSPS) is 17.0. The first-order valence-corrected chi connectivity index (χ1v) is 7.95. The highest BCUT2D eigenvalue weighted by molar-refractivity contribution is 5.93. The highest BCUT2D eigenvalue weighted by Crippen LogP contribution is 2.28. The van der Waals surface area contributed by atoms with E-state index in [0.717, 1.165) is 48.1 Å². The maximum Gasteiger partial charge on any atom is 0.253 e. The predicted molar refractivity (Wildman–Crippen MR) is 100 cm³/mol. The number of rotatable bonds is 2. The van der Waals surface area contributed by atoms with Gasteiger partial charge in [-0.15, -0.1) is 24.8 Å². The molecule has 0 aliphatic carbocycles. The summed E-state index contributed by atoms with van der Waals surface area (Å²) in [5.74, 6) is 0. The highest BCUT2D eigenvalue weighted by atomic mass is 35.5. The molecule has 1 aromatic carbocycles. The van der Waals surface area contributed by atoms with Gasteiger partial charge >= 0.3 is 0 Å². The fourth-order valence-corrected chi connectivity index (χ4v) is 3.60. The summed E-state index contributed by atoms with van der Waals surface area (Å²) < 4.78 is 0. The number of nitrogens with zero attached hydrogens (tertiary/aromatic N) is 1. The lowest BCUT2D eigenvalue weighted by Gasteiger charge is -2.20. The van der Waals surface area contributed by atoms with E-state index in [1.54, 1.807) is 0 Å². The molecule has 23 heavy (non-hydrogen) atoms. The van der Waals surface area contributed by atoms with Crippen LogP contribution in [-0.2, 0) is 13.0 Å². The third-order valence-electron chi connectivity index (χ3n) is 4.69. The molecular formula is C17H23Cl2N3O. The molecule has 2 aliphatic heterocycles. The van der Waals surface area contributed by atoms with Crippen LogP contribution in [0.15, 0.2) is 23.0 Å². The Labute approximate surface area is 148 Å². The smallest absolute Gasteiger partial charge is 0.253 e. The van der Waals surface area contributed by atoms with Crippen LogP contribution in [0.1, 0.15) is 30.4 Å². The number of anilines is 1. The van der Waals surface area contributed by atoms with Gasteiger partial charge < -0.3 is 10.3 Å².